The summed E-state index contributed by atoms with van der Waals surface area (Å²) in [6.45, 7) is 0. The van der Waals surface area contributed by atoms with Crippen LogP contribution in [0.4, 0.5) is 0 Å². The quantitative estimate of drug-likeness (QED) is 0.634. The van der Waals surface area contributed by atoms with Gasteiger partial charge < -0.3 is 0 Å². The van der Waals surface area contributed by atoms with Gasteiger partial charge in [0.05, 0.1) is 10.2 Å². The summed E-state index contributed by atoms with van der Waals surface area (Å²) in [6, 6.07) is 0. The Hall–Kier alpha value is 0.110. The van der Waals surface area contributed by atoms with E-state index in [0.717, 1.165) is 6.42 Å². The van der Waals surface area contributed by atoms with Gasteiger partial charge in [-0.25, -0.2) is 0 Å². The predicted octanol–water partition coefficient (Wildman–Crippen LogP) is 1.93. The van der Waals surface area contributed by atoms with Gasteiger partial charge in [0, 0.05) is 18.2 Å². The number of alkyl halides is 2. The third-order valence-corrected chi connectivity index (χ3v) is 6.26. The van der Waals surface area contributed by atoms with Gasteiger partial charge in [0.15, 0.2) is 5.78 Å². The van der Waals surface area contributed by atoms with E-state index in [1.54, 1.807) is 0 Å². The molecule has 5 atom stereocenters. The van der Waals surface area contributed by atoms with Crippen molar-refractivity contribution in [3.63, 3.8) is 0 Å². The van der Waals surface area contributed by atoms with E-state index in [-0.39, 0.29) is 34.7 Å². The van der Waals surface area contributed by atoms with Crippen molar-refractivity contribution < 1.29 is 9.59 Å². The van der Waals surface area contributed by atoms with Crippen LogP contribution in [-0.2, 0) is 9.59 Å². The standard InChI is InChI=1S/C10H10BrClO2/c11-10-5-1-4(2-7(10)14)9(12)8(10)6(13)3-5/h4-5,8-9H,1-3H2. The highest BCUT2D eigenvalue weighted by atomic mass is 79.9. The fourth-order valence-electron chi connectivity index (χ4n) is 3.43. The Labute approximate surface area is 95.5 Å². The van der Waals surface area contributed by atoms with Gasteiger partial charge in [0.1, 0.15) is 5.78 Å². The van der Waals surface area contributed by atoms with Crippen LogP contribution in [-0.4, -0.2) is 21.3 Å². The van der Waals surface area contributed by atoms with Crippen molar-refractivity contribution in [2.75, 3.05) is 0 Å². The van der Waals surface area contributed by atoms with Gasteiger partial charge in [-0.3, -0.25) is 9.59 Å². The van der Waals surface area contributed by atoms with Gasteiger partial charge >= 0.3 is 0 Å². The Morgan fingerprint density at radius 3 is 2.71 bits per heavy atom. The van der Waals surface area contributed by atoms with E-state index in [1.807, 2.05) is 0 Å². The van der Waals surface area contributed by atoms with E-state index >= 15 is 0 Å². The number of carbonyl (C=O) groups is 2. The van der Waals surface area contributed by atoms with Crippen molar-refractivity contribution in [2.24, 2.45) is 17.8 Å². The number of carbonyl (C=O) groups excluding carboxylic acids is 2. The zero-order valence-electron chi connectivity index (χ0n) is 7.50. The molecule has 5 unspecified atom stereocenters. The lowest BCUT2D eigenvalue weighted by molar-refractivity contribution is -0.133. The van der Waals surface area contributed by atoms with Crippen LogP contribution >= 0.6 is 27.5 Å². The summed E-state index contributed by atoms with van der Waals surface area (Å²) in [4.78, 5) is 23.6. The Morgan fingerprint density at radius 1 is 1.36 bits per heavy atom. The van der Waals surface area contributed by atoms with E-state index in [4.69, 9.17) is 11.6 Å². The lowest BCUT2D eigenvalue weighted by Gasteiger charge is -2.48. The molecule has 0 aliphatic heterocycles. The van der Waals surface area contributed by atoms with Gasteiger partial charge in [-0.05, 0) is 18.3 Å². The van der Waals surface area contributed by atoms with Crippen LogP contribution in [0, 0.1) is 17.8 Å². The topological polar surface area (TPSA) is 34.1 Å². The van der Waals surface area contributed by atoms with E-state index < -0.39 is 4.32 Å². The number of Topliss-reactive ketones (excluding diaryl/α,β-unsaturated/α-hetero) is 2. The molecule has 4 rings (SSSR count). The van der Waals surface area contributed by atoms with Crippen LogP contribution in [0.15, 0.2) is 0 Å². The van der Waals surface area contributed by atoms with Crippen LogP contribution in [0.5, 0.6) is 0 Å². The molecular weight excluding hydrogens is 267 g/mol. The molecule has 4 aliphatic rings. The molecule has 0 amide bonds. The summed E-state index contributed by atoms with van der Waals surface area (Å²) < 4.78 is -0.592. The fraction of sp³-hybridized carbons (Fsp3) is 0.800. The maximum absolute atomic E-state index is 11.9. The van der Waals surface area contributed by atoms with Crippen LogP contribution in [0.25, 0.3) is 0 Å². The lowest BCUT2D eigenvalue weighted by Crippen LogP contribution is -2.58. The molecule has 4 bridgehead atoms. The monoisotopic (exact) mass is 276 g/mol. The third kappa shape index (κ3) is 0.843. The SMILES string of the molecule is O=C1CC2CC3CC(=O)C2(Br)C1C3Cl. The largest absolute Gasteiger partial charge is 0.299 e. The van der Waals surface area contributed by atoms with Crippen molar-refractivity contribution in [2.45, 2.75) is 29.0 Å². The molecule has 0 heterocycles. The molecule has 2 nitrogen and oxygen atoms in total. The Balaban J connectivity index is 2.16. The first kappa shape index (κ1) is 9.34. The molecule has 76 valence electrons. The van der Waals surface area contributed by atoms with Crippen LogP contribution in [0.2, 0.25) is 0 Å². The first-order chi connectivity index (χ1) is 6.55. The number of hydrogen-bond donors (Lipinski definition) is 0. The van der Waals surface area contributed by atoms with Crippen LogP contribution < -0.4 is 0 Å². The van der Waals surface area contributed by atoms with E-state index in [0.29, 0.717) is 12.8 Å². The average Bonchev–Trinajstić information content (AvgIpc) is 2.29. The Kier molecular flexibility index (Phi) is 1.75. The second-order valence-electron chi connectivity index (χ2n) is 4.68. The Morgan fingerprint density at radius 2 is 2.07 bits per heavy atom. The van der Waals surface area contributed by atoms with Crippen molar-refractivity contribution in [3.8, 4) is 0 Å². The van der Waals surface area contributed by atoms with Gasteiger partial charge in [-0.1, -0.05) is 15.9 Å². The molecule has 0 N–H and O–H groups in total. The molecule has 0 aromatic heterocycles. The van der Waals surface area contributed by atoms with Crippen molar-refractivity contribution in [1.82, 2.24) is 0 Å². The summed E-state index contributed by atoms with van der Waals surface area (Å²) >= 11 is 9.77. The molecule has 4 fully saturated rings. The number of fused-ring (bicyclic) bond motifs is 1. The molecular formula is C10H10BrClO2. The van der Waals surface area contributed by atoms with Gasteiger partial charge in [0.2, 0.25) is 0 Å². The number of rotatable bonds is 0. The summed E-state index contributed by atoms with van der Waals surface area (Å²) in [5.41, 5.74) is 0. The van der Waals surface area contributed by atoms with Crippen LogP contribution in [0.3, 0.4) is 0 Å². The molecule has 0 radical (unpaired) electrons. The first-order valence-corrected chi connectivity index (χ1v) is 6.17. The highest BCUT2D eigenvalue weighted by Crippen LogP contribution is 2.61. The third-order valence-electron chi connectivity index (χ3n) is 4.07. The van der Waals surface area contributed by atoms with Gasteiger partial charge in [-0.15, -0.1) is 11.6 Å². The molecule has 0 spiro atoms. The summed E-state index contributed by atoms with van der Waals surface area (Å²) in [5, 5.41) is -0.127. The summed E-state index contributed by atoms with van der Waals surface area (Å²) in [5.74, 6) is 0.578. The normalized spacial score (nSPS) is 55.6. The molecule has 0 aromatic rings. The number of ketones is 2. The second-order valence-corrected chi connectivity index (χ2v) is 6.50. The molecule has 4 heteroatoms. The fourth-order valence-corrected chi connectivity index (χ4v) is 5.16. The van der Waals surface area contributed by atoms with E-state index in [1.165, 1.54) is 0 Å². The minimum atomic E-state index is -0.592. The average molecular weight is 278 g/mol. The van der Waals surface area contributed by atoms with Crippen molar-refractivity contribution in [1.29, 1.82) is 0 Å². The molecule has 4 aliphatic carbocycles. The van der Waals surface area contributed by atoms with E-state index in [2.05, 4.69) is 15.9 Å². The lowest BCUT2D eigenvalue weighted by atomic mass is 9.62. The molecule has 14 heavy (non-hydrogen) atoms. The summed E-state index contributed by atoms with van der Waals surface area (Å²) in [7, 11) is 0. The van der Waals surface area contributed by atoms with Gasteiger partial charge in [-0.2, -0.15) is 0 Å². The van der Waals surface area contributed by atoms with Crippen LogP contribution in [0.1, 0.15) is 19.3 Å². The highest BCUT2D eigenvalue weighted by Gasteiger charge is 2.67. The van der Waals surface area contributed by atoms with Crippen molar-refractivity contribution >= 4 is 39.1 Å². The highest BCUT2D eigenvalue weighted by molar-refractivity contribution is 9.10. The van der Waals surface area contributed by atoms with E-state index in [9.17, 15) is 9.59 Å². The van der Waals surface area contributed by atoms with Gasteiger partial charge in [0.25, 0.3) is 0 Å². The maximum Gasteiger partial charge on any atom is 0.150 e. The molecule has 4 saturated carbocycles. The first-order valence-electron chi connectivity index (χ1n) is 4.94. The predicted molar refractivity (Wildman–Crippen MR) is 55.6 cm³/mol. The number of halogens is 2. The number of hydrogen-bond acceptors (Lipinski definition) is 2. The zero-order chi connectivity index (χ0) is 10.1. The minimum absolute atomic E-state index is 0.127. The smallest absolute Gasteiger partial charge is 0.150 e. The molecule has 0 saturated heterocycles. The Bertz CT molecular complexity index is 343. The second kappa shape index (κ2) is 2.62. The summed E-state index contributed by atoms with van der Waals surface area (Å²) in [6.07, 6.45) is 2.04. The minimum Gasteiger partial charge on any atom is -0.299 e. The van der Waals surface area contributed by atoms with Crippen molar-refractivity contribution in [3.05, 3.63) is 0 Å². The maximum atomic E-state index is 11.9. The molecule has 0 aromatic carbocycles. The zero-order valence-corrected chi connectivity index (χ0v) is 9.85.